The van der Waals surface area contributed by atoms with Gasteiger partial charge in [-0.05, 0) is 49.6 Å². The maximum Gasteiger partial charge on any atom is 0.230 e. The smallest absolute Gasteiger partial charge is 0.230 e. The van der Waals surface area contributed by atoms with Crippen molar-refractivity contribution in [2.24, 2.45) is 0 Å². The van der Waals surface area contributed by atoms with Crippen LogP contribution in [0.1, 0.15) is 37.5 Å². The van der Waals surface area contributed by atoms with E-state index in [1.165, 1.54) is 18.4 Å². The predicted octanol–water partition coefficient (Wildman–Crippen LogP) is 2.86. The highest BCUT2D eigenvalue weighted by Gasteiger charge is 2.46. The molecular weight excluding hydrogens is 297 g/mol. The second kappa shape index (κ2) is 5.81. The summed E-state index contributed by atoms with van der Waals surface area (Å²) in [6, 6.07) is 9.45. The average molecular weight is 317 g/mol. The molecule has 1 aliphatic rings. The van der Waals surface area contributed by atoms with Crippen LogP contribution >= 0.6 is 0 Å². The van der Waals surface area contributed by atoms with Gasteiger partial charge < -0.3 is 14.8 Å². The molecule has 2 N–H and O–H groups in total. The normalized spacial score (nSPS) is 18.7. The van der Waals surface area contributed by atoms with Gasteiger partial charge in [0.25, 0.3) is 0 Å². The Labute approximate surface area is 134 Å². The predicted molar refractivity (Wildman–Crippen MR) is 83.2 cm³/mol. The highest BCUT2D eigenvalue weighted by Crippen LogP contribution is 2.44. The van der Waals surface area contributed by atoms with E-state index in [2.05, 4.69) is 5.32 Å². The van der Waals surface area contributed by atoms with Gasteiger partial charge in [0.05, 0.1) is 18.2 Å². The van der Waals surface area contributed by atoms with Gasteiger partial charge in [-0.25, -0.2) is 4.39 Å². The van der Waals surface area contributed by atoms with E-state index in [-0.39, 0.29) is 18.3 Å². The van der Waals surface area contributed by atoms with Gasteiger partial charge >= 0.3 is 0 Å². The van der Waals surface area contributed by atoms with Crippen LogP contribution in [0.2, 0.25) is 0 Å². The van der Waals surface area contributed by atoms with Gasteiger partial charge in [-0.15, -0.1) is 0 Å². The van der Waals surface area contributed by atoms with E-state index in [9.17, 15) is 14.3 Å². The summed E-state index contributed by atoms with van der Waals surface area (Å²) in [5.41, 5.74) is -1.07. The van der Waals surface area contributed by atoms with Crippen LogP contribution in [-0.2, 0) is 15.8 Å². The number of amides is 1. The second-order valence-electron chi connectivity index (χ2n) is 6.38. The van der Waals surface area contributed by atoms with Crippen molar-refractivity contribution in [2.45, 2.75) is 37.2 Å². The Kier molecular flexibility index (Phi) is 3.98. The van der Waals surface area contributed by atoms with Crippen molar-refractivity contribution in [3.05, 3.63) is 59.8 Å². The molecule has 2 aromatic rings. The molecule has 1 unspecified atom stereocenters. The molecule has 0 radical (unpaired) electrons. The molecule has 1 fully saturated rings. The summed E-state index contributed by atoms with van der Waals surface area (Å²) in [6.45, 7) is 1.65. The van der Waals surface area contributed by atoms with E-state index in [1.807, 2.05) is 0 Å². The topological polar surface area (TPSA) is 62.5 Å². The standard InChI is InChI=1S/C18H20FNO3/c1-17(22,15-4-2-11-23-15)12-20-16(21)18(9-3-10-18)13-5-7-14(19)8-6-13/h2,4-8,11,22H,3,9-10,12H2,1H3,(H,20,21). The fourth-order valence-electron chi connectivity index (χ4n) is 3.04. The van der Waals surface area contributed by atoms with Gasteiger partial charge in [0.2, 0.25) is 5.91 Å². The van der Waals surface area contributed by atoms with E-state index in [1.54, 1.807) is 31.2 Å². The van der Waals surface area contributed by atoms with Gasteiger partial charge in [-0.2, -0.15) is 0 Å². The maximum atomic E-state index is 13.1. The van der Waals surface area contributed by atoms with E-state index in [0.717, 1.165) is 24.8 Å². The van der Waals surface area contributed by atoms with Crippen LogP contribution in [-0.4, -0.2) is 17.6 Å². The summed E-state index contributed by atoms with van der Waals surface area (Å²) in [5, 5.41) is 13.3. The number of hydrogen-bond acceptors (Lipinski definition) is 3. The molecule has 1 aromatic carbocycles. The van der Waals surface area contributed by atoms with Crippen LogP contribution < -0.4 is 5.32 Å². The van der Waals surface area contributed by atoms with E-state index >= 15 is 0 Å². The summed E-state index contributed by atoms with van der Waals surface area (Å²) < 4.78 is 18.3. The number of halogens is 1. The van der Waals surface area contributed by atoms with Gasteiger partial charge in [-0.1, -0.05) is 18.6 Å². The van der Waals surface area contributed by atoms with Gasteiger partial charge in [-0.3, -0.25) is 4.79 Å². The SMILES string of the molecule is CC(O)(CNC(=O)C1(c2ccc(F)cc2)CCC1)c1ccco1. The van der Waals surface area contributed by atoms with E-state index in [4.69, 9.17) is 4.42 Å². The monoisotopic (exact) mass is 317 g/mol. The number of rotatable bonds is 5. The van der Waals surface area contributed by atoms with Gasteiger partial charge in [0.15, 0.2) is 0 Å². The van der Waals surface area contributed by atoms with Crippen LogP contribution in [0.5, 0.6) is 0 Å². The first-order valence-electron chi connectivity index (χ1n) is 7.75. The molecule has 4 nitrogen and oxygen atoms in total. The first-order chi connectivity index (χ1) is 10.9. The zero-order valence-electron chi connectivity index (χ0n) is 13.0. The molecule has 1 heterocycles. The van der Waals surface area contributed by atoms with Crippen LogP contribution in [0.3, 0.4) is 0 Å². The van der Waals surface area contributed by atoms with Crippen molar-refractivity contribution in [1.82, 2.24) is 5.32 Å². The lowest BCUT2D eigenvalue weighted by Gasteiger charge is -2.41. The van der Waals surface area contributed by atoms with Crippen molar-refractivity contribution in [1.29, 1.82) is 0 Å². The Balaban J connectivity index is 1.72. The number of furan rings is 1. The lowest BCUT2D eigenvalue weighted by molar-refractivity contribution is -0.131. The van der Waals surface area contributed by atoms with Crippen LogP contribution in [0.15, 0.2) is 47.1 Å². The summed E-state index contributed by atoms with van der Waals surface area (Å²) in [7, 11) is 0. The Bertz CT molecular complexity index is 673. The summed E-state index contributed by atoms with van der Waals surface area (Å²) in [4.78, 5) is 12.7. The lowest BCUT2D eigenvalue weighted by Crippen LogP contribution is -2.52. The number of hydrogen-bond donors (Lipinski definition) is 2. The zero-order valence-corrected chi connectivity index (χ0v) is 13.0. The molecule has 1 aliphatic carbocycles. The van der Waals surface area contributed by atoms with Crippen molar-refractivity contribution >= 4 is 5.91 Å². The van der Waals surface area contributed by atoms with E-state index in [0.29, 0.717) is 5.76 Å². The summed E-state index contributed by atoms with van der Waals surface area (Å²) in [5.74, 6) is -0.0474. The molecule has 1 saturated carbocycles. The molecule has 1 aromatic heterocycles. The fraction of sp³-hybridized carbons (Fsp3) is 0.389. The van der Waals surface area contributed by atoms with Crippen molar-refractivity contribution in [2.75, 3.05) is 6.54 Å². The van der Waals surface area contributed by atoms with Gasteiger partial charge in [0, 0.05) is 0 Å². The van der Waals surface area contributed by atoms with E-state index < -0.39 is 11.0 Å². The number of benzene rings is 1. The Morgan fingerprint density at radius 1 is 1.35 bits per heavy atom. The first kappa shape index (κ1) is 15.7. The minimum Gasteiger partial charge on any atom is -0.466 e. The quantitative estimate of drug-likeness (QED) is 0.891. The Hall–Kier alpha value is -2.14. The average Bonchev–Trinajstić information content (AvgIpc) is 3.01. The molecule has 3 rings (SSSR count). The van der Waals surface area contributed by atoms with Crippen molar-refractivity contribution < 1.29 is 18.7 Å². The highest BCUT2D eigenvalue weighted by atomic mass is 19.1. The molecule has 0 aliphatic heterocycles. The van der Waals surface area contributed by atoms with Crippen LogP contribution in [0.4, 0.5) is 4.39 Å². The maximum absolute atomic E-state index is 13.1. The molecule has 1 amide bonds. The molecule has 23 heavy (non-hydrogen) atoms. The third kappa shape index (κ3) is 2.88. The minimum atomic E-state index is -1.27. The number of nitrogens with one attached hydrogen (secondary N) is 1. The van der Waals surface area contributed by atoms with Crippen molar-refractivity contribution in [3.8, 4) is 0 Å². The fourth-order valence-corrected chi connectivity index (χ4v) is 3.04. The molecule has 5 heteroatoms. The molecule has 122 valence electrons. The largest absolute Gasteiger partial charge is 0.466 e. The second-order valence-corrected chi connectivity index (χ2v) is 6.38. The van der Waals surface area contributed by atoms with Crippen LogP contribution in [0.25, 0.3) is 0 Å². The molecule has 1 atom stereocenters. The van der Waals surface area contributed by atoms with Crippen LogP contribution in [0, 0.1) is 5.82 Å². The minimum absolute atomic E-state index is 0.0578. The summed E-state index contributed by atoms with van der Waals surface area (Å²) >= 11 is 0. The molecular formula is C18H20FNO3. The third-order valence-electron chi connectivity index (χ3n) is 4.68. The summed E-state index contributed by atoms with van der Waals surface area (Å²) in [6.07, 6.45) is 3.90. The first-order valence-corrected chi connectivity index (χ1v) is 7.75. The molecule has 0 spiro atoms. The zero-order chi connectivity index (χ0) is 16.5. The Morgan fingerprint density at radius 2 is 2.04 bits per heavy atom. The van der Waals surface area contributed by atoms with Gasteiger partial charge in [0.1, 0.15) is 17.2 Å². The molecule has 0 bridgehead atoms. The number of carbonyl (C=O) groups excluding carboxylic acids is 1. The Morgan fingerprint density at radius 3 is 2.57 bits per heavy atom. The van der Waals surface area contributed by atoms with Crippen molar-refractivity contribution in [3.63, 3.8) is 0 Å². The third-order valence-corrected chi connectivity index (χ3v) is 4.68. The molecule has 0 saturated heterocycles. The highest BCUT2D eigenvalue weighted by molar-refractivity contribution is 5.89. The number of carbonyl (C=O) groups is 1. The lowest BCUT2D eigenvalue weighted by atomic mass is 9.63. The number of aliphatic hydroxyl groups is 1.